The summed E-state index contributed by atoms with van der Waals surface area (Å²) in [4.78, 5) is 4.64. The van der Waals surface area contributed by atoms with Crippen molar-refractivity contribution in [3.05, 3.63) is 40.4 Å². The van der Waals surface area contributed by atoms with E-state index in [0.29, 0.717) is 0 Å². The average Bonchev–Trinajstić information content (AvgIpc) is 3.14. The number of thioether (sulfide) groups is 1. The van der Waals surface area contributed by atoms with E-state index in [2.05, 4.69) is 25.9 Å². The Labute approximate surface area is 135 Å². The maximum absolute atomic E-state index is 5.90. The molecule has 0 spiro atoms. The maximum Gasteiger partial charge on any atom is 0.209 e. The summed E-state index contributed by atoms with van der Waals surface area (Å²) in [6, 6.07) is 7.72. The molecule has 5 nitrogen and oxygen atoms in total. The topological polar surface area (TPSA) is 56.5 Å². The highest BCUT2D eigenvalue weighted by Crippen LogP contribution is 2.27. The summed E-state index contributed by atoms with van der Waals surface area (Å²) in [6.45, 7) is 2.78. The van der Waals surface area contributed by atoms with Crippen molar-refractivity contribution in [3.63, 3.8) is 0 Å². The minimum Gasteiger partial charge on any atom is -0.240 e. The van der Waals surface area contributed by atoms with Crippen LogP contribution in [0.3, 0.4) is 0 Å². The van der Waals surface area contributed by atoms with Crippen LogP contribution in [0.25, 0.3) is 10.6 Å². The van der Waals surface area contributed by atoms with Gasteiger partial charge in [-0.2, -0.15) is 0 Å². The zero-order valence-corrected chi connectivity index (χ0v) is 13.6. The number of nitrogens with zero attached hydrogens (tertiary/aromatic N) is 5. The van der Waals surface area contributed by atoms with Crippen LogP contribution in [0, 0.1) is 0 Å². The fraction of sp³-hybridized carbons (Fsp3) is 0.231. The van der Waals surface area contributed by atoms with Gasteiger partial charge in [0.1, 0.15) is 5.01 Å². The molecule has 0 unspecified atom stereocenters. The van der Waals surface area contributed by atoms with Crippen molar-refractivity contribution < 1.29 is 0 Å². The average molecular weight is 338 g/mol. The highest BCUT2D eigenvalue weighted by atomic mass is 35.5. The molecule has 0 aliphatic carbocycles. The molecule has 0 bridgehead atoms. The molecule has 8 heteroatoms. The minimum absolute atomic E-state index is 0.734. The highest BCUT2D eigenvalue weighted by molar-refractivity contribution is 7.98. The number of thiazole rings is 1. The van der Waals surface area contributed by atoms with Crippen LogP contribution < -0.4 is 0 Å². The van der Waals surface area contributed by atoms with Gasteiger partial charge in [0.05, 0.1) is 5.69 Å². The zero-order valence-electron chi connectivity index (χ0n) is 11.2. The van der Waals surface area contributed by atoms with E-state index in [-0.39, 0.29) is 0 Å². The SMILES string of the molecule is CCn1nnnc1SCc1csc(-c2ccc(Cl)cc2)n1. The molecular formula is C13H12ClN5S2. The summed E-state index contributed by atoms with van der Waals surface area (Å²) in [6.07, 6.45) is 0. The van der Waals surface area contributed by atoms with Crippen LogP contribution in [0.4, 0.5) is 0 Å². The van der Waals surface area contributed by atoms with Gasteiger partial charge < -0.3 is 0 Å². The van der Waals surface area contributed by atoms with Gasteiger partial charge in [-0.1, -0.05) is 35.5 Å². The van der Waals surface area contributed by atoms with Crippen molar-refractivity contribution in [3.8, 4) is 10.6 Å². The van der Waals surface area contributed by atoms with Gasteiger partial charge in [0.15, 0.2) is 0 Å². The van der Waals surface area contributed by atoms with Gasteiger partial charge in [0.2, 0.25) is 5.16 Å². The van der Waals surface area contributed by atoms with Crippen molar-refractivity contribution in [2.75, 3.05) is 0 Å². The number of benzene rings is 1. The van der Waals surface area contributed by atoms with Gasteiger partial charge >= 0.3 is 0 Å². The predicted octanol–water partition coefficient (Wildman–Crippen LogP) is 3.76. The second-order valence-electron chi connectivity index (χ2n) is 4.22. The third-order valence-electron chi connectivity index (χ3n) is 2.79. The van der Waals surface area contributed by atoms with E-state index in [1.807, 2.05) is 31.2 Å². The van der Waals surface area contributed by atoms with Gasteiger partial charge in [-0.05, 0) is 29.5 Å². The number of halogens is 1. The lowest BCUT2D eigenvalue weighted by atomic mass is 10.2. The monoisotopic (exact) mass is 337 g/mol. The lowest BCUT2D eigenvalue weighted by Crippen LogP contribution is -1.98. The lowest BCUT2D eigenvalue weighted by Gasteiger charge is -1.99. The Morgan fingerprint density at radius 3 is 2.86 bits per heavy atom. The fourth-order valence-corrected chi connectivity index (χ4v) is 3.63. The molecule has 1 aromatic carbocycles. The van der Waals surface area contributed by atoms with Gasteiger partial charge in [-0.15, -0.1) is 16.4 Å². The first kappa shape index (κ1) is 14.5. The predicted molar refractivity (Wildman–Crippen MR) is 85.6 cm³/mol. The summed E-state index contributed by atoms with van der Waals surface area (Å²) < 4.78 is 1.77. The van der Waals surface area contributed by atoms with E-state index < -0.39 is 0 Å². The number of aromatic nitrogens is 5. The molecule has 21 heavy (non-hydrogen) atoms. The van der Waals surface area contributed by atoms with Crippen LogP contribution in [0.2, 0.25) is 5.02 Å². The number of rotatable bonds is 5. The van der Waals surface area contributed by atoms with Gasteiger partial charge in [-0.25, -0.2) is 9.67 Å². The van der Waals surface area contributed by atoms with Crippen LogP contribution >= 0.6 is 34.7 Å². The molecule has 0 saturated heterocycles. The van der Waals surface area contributed by atoms with Gasteiger partial charge in [0, 0.05) is 28.3 Å². The number of hydrogen-bond acceptors (Lipinski definition) is 6. The first-order valence-corrected chi connectivity index (χ1v) is 8.60. The van der Waals surface area contributed by atoms with E-state index >= 15 is 0 Å². The molecule has 0 N–H and O–H groups in total. The minimum atomic E-state index is 0.734. The Kier molecular flexibility index (Phi) is 4.52. The van der Waals surface area contributed by atoms with E-state index in [1.165, 1.54) is 0 Å². The van der Waals surface area contributed by atoms with Crippen LogP contribution in [0.15, 0.2) is 34.8 Å². The molecule has 0 aliphatic heterocycles. The van der Waals surface area contributed by atoms with Gasteiger partial charge in [0.25, 0.3) is 0 Å². The Hall–Kier alpha value is -1.44. The summed E-state index contributed by atoms with van der Waals surface area (Å²) in [5, 5.41) is 16.2. The van der Waals surface area contributed by atoms with Crippen LogP contribution in [0.1, 0.15) is 12.6 Å². The molecule has 2 heterocycles. The molecule has 108 valence electrons. The third-order valence-corrected chi connectivity index (χ3v) is 4.97. The Morgan fingerprint density at radius 1 is 1.29 bits per heavy atom. The van der Waals surface area contributed by atoms with E-state index in [9.17, 15) is 0 Å². The van der Waals surface area contributed by atoms with Crippen molar-refractivity contribution in [1.82, 2.24) is 25.2 Å². The molecule has 0 fully saturated rings. The second-order valence-corrected chi connectivity index (χ2v) is 6.45. The standard InChI is InChI=1S/C13H12ClN5S2/c1-2-19-13(16-17-18-19)21-8-11-7-20-12(15-11)9-3-5-10(14)6-4-9/h3-7H,2,8H2,1H3. The first-order valence-electron chi connectivity index (χ1n) is 6.35. The van der Waals surface area contributed by atoms with E-state index in [1.54, 1.807) is 27.8 Å². The normalized spacial score (nSPS) is 11.0. The van der Waals surface area contributed by atoms with Crippen molar-refractivity contribution >= 4 is 34.7 Å². The lowest BCUT2D eigenvalue weighted by molar-refractivity contribution is 0.581. The molecular weight excluding hydrogens is 326 g/mol. The summed E-state index contributed by atoms with van der Waals surface area (Å²) >= 11 is 9.12. The molecule has 0 radical (unpaired) electrons. The van der Waals surface area contributed by atoms with Crippen LogP contribution in [-0.4, -0.2) is 25.2 Å². The van der Waals surface area contributed by atoms with E-state index in [0.717, 1.165) is 38.7 Å². The number of tetrazole rings is 1. The Balaban J connectivity index is 1.69. The van der Waals surface area contributed by atoms with Crippen molar-refractivity contribution in [2.24, 2.45) is 0 Å². The quantitative estimate of drug-likeness (QED) is 0.663. The fourth-order valence-electron chi connectivity index (χ4n) is 1.74. The third kappa shape index (κ3) is 3.42. The van der Waals surface area contributed by atoms with Crippen molar-refractivity contribution in [2.45, 2.75) is 24.4 Å². The first-order chi connectivity index (χ1) is 10.3. The zero-order chi connectivity index (χ0) is 14.7. The molecule has 0 aliphatic rings. The Bertz CT molecular complexity index is 722. The molecule has 0 amide bonds. The largest absolute Gasteiger partial charge is 0.240 e. The summed E-state index contributed by atoms with van der Waals surface area (Å²) in [5.74, 6) is 0.754. The maximum atomic E-state index is 5.90. The van der Waals surface area contributed by atoms with Crippen LogP contribution in [0.5, 0.6) is 0 Å². The van der Waals surface area contributed by atoms with Gasteiger partial charge in [-0.3, -0.25) is 0 Å². The van der Waals surface area contributed by atoms with Crippen molar-refractivity contribution in [1.29, 1.82) is 0 Å². The Morgan fingerprint density at radius 2 is 2.10 bits per heavy atom. The molecule has 0 saturated carbocycles. The smallest absolute Gasteiger partial charge is 0.209 e. The summed E-state index contributed by atoms with van der Waals surface area (Å²) in [7, 11) is 0. The number of aryl methyl sites for hydroxylation is 1. The molecule has 3 rings (SSSR count). The summed E-state index contributed by atoms with van der Waals surface area (Å²) in [5.41, 5.74) is 2.11. The number of hydrogen-bond donors (Lipinski definition) is 0. The van der Waals surface area contributed by atoms with Crippen LogP contribution in [-0.2, 0) is 12.3 Å². The molecule has 3 aromatic rings. The highest BCUT2D eigenvalue weighted by Gasteiger charge is 2.09. The van der Waals surface area contributed by atoms with E-state index in [4.69, 9.17) is 11.6 Å². The molecule has 2 aromatic heterocycles. The molecule has 0 atom stereocenters. The second kappa shape index (κ2) is 6.55.